The monoisotopic (exact) mass is 479 g/mol. The number of nitrogens with zero attached hydrogens (tertiary/aromatic N) is 2. The van der Waals surface area contributed by atoms with Gasteiger partial charge >= 0.3 is 12.1 Å². The van der Waals surface area contributed by atoms with Crippen LogP contribution in [0.15, 0.2) is 48.5 Å². The van der Waals surface area contributed by atoms with Crippen LogP contribution in [0.25, 0.3) is 11.1 Å². The van der Waals surface area contributed by atoms with Gasteiger partial charge in [0, 0.05) is 38.6 Å². The standard InChI is InChI=1S/C27H33N3O5/c1-18(2)25(26(33)30-15-13-29(14-16-30)12-11-24(31)32)28-27(34)35-17-23-21-9-5-3-7-19(21)20-8-4-6-10-22(20)23/h3-10,18,23,25H,11-17H2,1-2H3,(H,28,34)(H,31,32)/t25-/m1/s1. The van der Waals surface area contributed by atoms with Crippen LogP contribution in [0.3, 0.4) is 0 Å². The Labute approximate surface area is 205 Å². The minimum Gasteiger partial charge on any atom is -0.481 e. The fourth-order valence-electron chi connectivity index (χ4n) is 4.92. The summed E-state index contributed by atoms with van der Waals surface area (Å²) < 4.78 is 5.64. The van der Waals surface area contributed by atoms with E-state index < -0.39 is 18.1 Å². The minimum atomic E-state index is -0.823. The molecule has 0 radical (unpaired) electrons. The predicted molar refractivity (Wildman–Crippen MR) is 132 cm³/mol. The van der Waals surface area contributed by atoms with Gasteiger partial charge < -0.3 is 20.1 Å². The molecule has 2 amide bonds. The summed E-state index contributed by atoms with van der Waals surface area (Å²) in [5.74, 6) is -1.10. The number of benzene rings is 2. The van der Waals surface area contributed by atoms with Crippen LogP contribution in [0.5, 0.6) is 0 Å². The van der Waals surface area contributed by atoms with Gasteiger partial charge in [0.15, 0.2) is 0 Å². The third-order valence-corrected chi connectivity index (χ3v) is 6.88. The average Bonchev–Trinajstić information content (AvgIpc) is 3.18. The van der Waals surface area contributed by atoms with Gasteiger partial charge in [-0.3, -0.25) is 14.5 Å². The molecule has 0 aromatic heterocycles. The molecule has 0 unspecified atom stereocenters. The Morgan fingerprint density at radius 3 is 2.09 bits per heavy atom. The molecule has 35 heavy (non-hydrogen) atoms. The lowest BCUT2D eigenvalue weighted by molar-refractivity contribution is -0.139. The summed E-state index contributed by atoms with van der Waals surface area (Å²) in [6.45, 7) is 6.72. The average molecular weight is 480 g/mol. The fourth-order valence-corrected chi connectivity index (χ4v) is 4.92. The van der Waals surface area contributed by atoms with Gasteiger partial charge in [0.1, 0.15) is 12.6 Å². The zero-order valence-electron chi connectivity index (χ0n) is 20.3. The third-order valence-electron chi connectivity index (χ3n) is 6.88. The molecule has 1 aliphatic carbocycles. The van der Waals surface area contributed by atoms with E-state index >= 15 is 0 Å². The number of carbonyl (C=O) groups is 3. The Morgan fingerprint density at radius 2 is 1.54 bits per heavy atom. The van der Waals surface area contributed by atoms with Crippen LogP contribution in [-0.2, 0) is 14.3 Å². The van der Waals surface area contributed by atoms with Crippen molar-refractivity contribution >= 4 is 18.0 Å². The molecule has 2 N–H and O–H groups in total. The third kappa shape index (κ3) is 5.65. The summed E-state index contributed by atoms with van der Waals surface area (Å²) in [7, 11) is 0. The van der Waals surface area contributed by atoms with Crippen molar-refractivity contribution in [3.63, 3.8) is 0 Å². The van der Waals surface area contributed by atoms with Crippen molar-refractivity contribution in [3.05, 3.63) is 59.7 Å². The van der Waals surface area contributed by atoms with E-state index in [1.54, 1.807) is 4.90 Å². The number of carbonyl (C=O) groups excluding carboxylic acids is 2. The zero-order valence-corrected chi connectivity index (χ0v) is 20.3. The Kier molecular flexibility index (Phi) is 7.70. The molecule has 0 spiro atoms. The number of carboxylic acid groups (broad SMARTS) is 1. The highest BCUT2D eigenvalue weighted by molar-refractivity contribution is 5.86. The van der Waals surface area contributed by atoms with Crippen molar-refractivity contribution in [2.24, 2.45) is 5.92 Å². The summed E-state index contributed by atoms with van der Waals surface area (Å²) in [6, 6.07) is 15.6. The lowest BCUT2D eigenvalue weighted by Crippen LogP contribution is -2.56. The van der Waals surface area contributed by atoms with Crippen molar-refractivity contribution < 1.29 is 24.2 Å². The summed E-state index contributed by atoms with van der Waals surface area (Å²) in [6.07, 6.45) is -0.509. The van der Waals surface area contributed by atoms with Crippen LogP contribution in [0.2, 0.25) is 0 Å². The molecule has 0 saturated carbocycles. The fraction of sp³-hybridized carbons (Fsp3) is 0.444. The van der Waals surface area contributed by atoms with E-state index in [0.29, 0.717) is 32.7 Å². The molecule has 1 fully saturated rings. The lowest BCUT2D eigenvalue weighted by Gasteiger charge is -2.37. The maximum absolute atomic E-state index is 13.2. The Balaban J connectivity index is 1.34. The number of amides is 2. The number of aliphatic carboxylic acids is 1. The largest absolute Gasteiger partial charge is 0.481 e. The highest BCUT2D eigenvalue weighted by Gasteiger charge is 2.33. The summed E-state index contributed by atoms with van der Waals surface area (Å²) in [5, 5.41) is 11.7. The maximum Gasteiger partial charge on any atom is 0.407 e. The second-order valence-electron chi connectivity index (χ2n) is 9.50. The van der Waals surface area contributed by atoms with Crippen LogP contribution in [-0.4, -0.2) is 78.2 Å². The highest BCUT2D eigenvalue weighted by Crippen LogP contribution is 2.44. The second kappa shape index (κ2) is 10.9. The van der Waals surface area contributed by atoms with Crippen LogP contribution in [0.1, 0.15) is 37.3 Å². The number of rotatable bonds is 8. The van der Waals surface area contributed by atoms with Gasteiger partial charge in [-0.1, -0.05) is 62.4 Å². The Bertz CT molecular complexity index is 1030. The molecule has 1 atom stereocenters. The number of hydrogen-bond acceptors (Lipinski definition) is 5. The van der Waals surface area contributed by atoms with E-state index in [0.717, 1.165) is 22.3 Å². The van der Waals surface area contributed by atoms with Crippen LogP contribution < -0.4 is 5.32 Å². The van der Waals surface area contributed by atoms with Crippen LogP contribution >= 0.6 is 0 Å². The second-order valence-corrected chi connectivity index (χ2v) is 9.50. The van der Waals surface area contributed by atoms with E-state index in [1.165, 1.54) is 0 Å². The molecule has 1 heterocycles. The first-order valence-corrected chi connectivity index (χ1v) is 12.2. The quantitative estimate of drug-likeness (QED) is 0.604. The van der Waals surface area contributed by atoms with Gasteiger partial charge in [-0.15, -0.1) is 0 Å². The molecule has 0 bridgehead atoms. The first-order chi connectivity index (χ1) is 16.8. The van der Waals surface area contributed by atoms with E-state index in [4.69, 9.17) is 9.84 Å². The van der Waals surface area contributed by atoms with Crippen molar-refractivity contribution in [2.75, 3.05) is 39.3 Å². The van der Waals surface area contributed by atoms with Crippen molar-refractivity contribution in [1.29, 1.82) is 0 Å². The first kappa shape index (κ1) is 24.7. The molecular weight excluding hydrogens is 446 g/mol. The number of nitrogens with one attached hydrogen (secondary N) is 1. The van der Waals surface area contributed by atoms with Gasteiger partial charge in [-0.2, -0.15) is 0 Å². The highest BCUT2D eigenvalue weighted by atomic mass is 16.5. The zero-order chi connectivity index (χ0) is 24.9. The topological polar surface area (TPSA) is 99.2 Å². The normalized spacial score (nSPS) is 16.5. The number of ether oxygens (including phenoxy) is 1. The van der Waals surface area contributed by atoms with Gasteiger partial charge in [0.2, 0.25) is 5.91 Å². The number of piperazine rings is 1. The SMILES string of the molecule is CC(C)[C@@H](NC(=O)OCC1c2ccccc2-c2ccccc21)C(=O)N1CCN(CCC(=O)O)CC1. The lowest BCUT2D eigenvalue weighted by atomic mass is 9.98. The van der Waals surface area contributed by atoms with Crippen LogP contribution in [0, 0.1) is 5.92 Å². The molecular formula is C27H33N3O5. The molecule has 1 saturated heterocycles. The molecule has 4 rings (SSSR count). The molecule has 2 aliphatic rings. The predicted octanol–water partition coefficient (Wildman–Crippen LogP) is 3.17. The van der Waals surface area contributed by atoms with Gasteiger partial charge in [-0.25, -0.2) is 4.79 Å². The van der Waals surface area contributed by atoms with Crippen molar-refractivity contribution in [1.82, 2.24) is 15.1 Å². The maximum atomic E-state index is 13.2. The number of fused-ring (bicyclic) bond motifs is 3. The van der Waals surface area contributed by atoms with E-state index in [1.807, 2.05) is 43.0 Å². The number of alkyl carbamates (subject to hydrolysis) is 1. The van der Waals surface area contributed by atoms with E-state index in [2.05, 4.69) is 29.6 Å². The number of carboxylic acids is 1. The van der Waals surface area contributed by atoms with Crippen molar-refractivity contribution in [2.45, 2.75) is 32.2 Å². The molecule has 2 aromatic rings. The van der Waals surface area contributed by atoms with E-state index in [-0.39, 0.29) is 30.8 Å². The first-order valence-electron chi connectivity index (χ1n) is 12.2. The van der Waals surface area contributed by atoms with Gasteiger partial charge in [0.05, 0.1) is 6.42 Å². The molecule has 2 aromatic carbocycles. The molecule has 186 valence electrons. The van der Waals surface area contributed by atoms with Gasteiger partial charge in [-0.05, 0) is 28.2 Å². The van der Waals surface area contributed by atoms with Crippen molar-refractivity contribution in [3.8, 4) is 11.1 Å². The Morgan fingerprint density at radius 1 is 0.971 bits per heavy atom. The summed E-state index contributed by atoms with van der Waals surface area (Å²) in [5.41, 5.74) is 4.60. The molecule has 8 heteroatoms. The molecule has 1 aliphatic heterocycles. The summed E-state index contributed by atoms with van der Waals surface area (Å²) in [4.78, 5) is 40.5. The van der Waals surface area contributed by atoms with E-state index in [9.17, 15) is 14.4 Å². The van der Waals surface area contributed by atoms with Gasteiger partial charge in [0.25, 0.3) is 0 Å². The minimum absolute atomic E-state index is 0.0415. The Hall–Kier alpha value is -3.39. The number of hydrogen-bond donors (Lipinski definition) is 2. The summed E-state index contributed by atoms with van der Waals surface area (Å²) >= 11 is 0. The molecule has 8 nitrogen and oxygen atoms in total. The van der Waals surface area contributed by atoms with Crippen LogP contribution in [0.4, 0.5) is 4.79 Å². The smallest absolute Gasteiger partial charge is 0.407 e.